The molecule has 4 rings (SSSR count). The Bertz CT molecular complexity index is 1210. The van der Waals surface area contributed by atoms with Crippen LogP contribution >= 0.6 is 12.2 Å². The molecule has 1 aliphatic heterocycles. The predicted molar refractivity (Wildman–Crippen MR) is 131 cm³/mol. The molecule has 0 unspecified atom stereocenters. The zero-order chi connectivity index (χ0) is 23.9. The molecular formula is C24H27N5O3S. The van der Waals surface area contributed by atoms with Gasteiger partial charge in [0.05, 0.1) is 41.6 Å². The number of non-ortho nitro benzene ring substituents is 1. The average molecular weight is 466 g/mol. The van der Waals surface area contributed by atoms with Gasteiger partial charge in [0.2, 0.25) is 0 Å². The summed E-state index contributed by atoms with van der Waals surface area (Å²) >= 11 is 5.72. The van der Waals surface area contributed by atoms with Gasteiger partial charge in [-0.1, -0.05) is 6.07 Å². The summed E-state index contributed by atoms with van der Waals surface area (Å²) in [6.45, 7) is 8.33. The number of aryl methyl sites for hydroxylation is 1. The van der Waals surface area contributed by atoms with E-state index in [0.717, 1.165) is 28.3 Å². The van der Waals surface area contributed by atoms with E-state index in [0.29, 0.717) is 10.9 Å². The van der Waals surface area contributed by atoms with Crippen molar-refractivity contribution in [2.75, 3.05) is 7.11 Å². The summed E-state index contributed by atoms with van der Waals surface area (Å²) in [4.78, 5) is 17.6. The number of rotatable bonds is 6. The molecule has 33 heavy (non-hydrogen) atoms. The molecule has 2 aromatic heterocycles. The second kappa shape index (κ2) is 8.82. The van der Waals surface area contributed by atoms with Crippen molar-refractivity contribution in [3.63, 3.8) is 0 Å². The maximum absolute atomic E-state index is 11.2. The van der Waals surface area contributed by atoms with Gasteiger partial charge >= 0.3 is 0 Å². The van der Waals surface area contributed by atoms with Gasteiger partial charge in [0, 0.05) is 29.7 Å². The summed E-state index contributed by atoms with van der Waals surface area (Å²) in [6, 6.07) is 12.8. The summed E-state index contributed by atoms with van der Waals surface area (Å²) in [6.07, 6.45) is 1.79. The molecular weight excluding hydrogens is 438 g/mol. The zero-order valence-electron chi connectivity index (χ0n) is 19.3. The van der Waals surface area contributed by atoms with Gasteiger partial charge in [0.15, 0.2) is 5.11 Å². The highest BCUT2D eigenvalue weighted by Crippen LogP contribution is 2.43. The molecule has 8 nitrogen and oxygen atoms in total. The van der Waals surface area contributed by atoms with Gasteiger partial charge in [0.25, 0.3) is 5.69 Å². The molecule has 0 radical (unpaired) electrons. The van der Waals surface area contributed by atoms with Crippen LogP contribution in [0.5, 0.6) is 5.75 Å². The molecule has 0 saturated carbocycles. The number of methoxy groups -OCH3 is 1. The molecule has 1 saturated heterocycles. The second-order valence-electron chi connectivity index (χ2n) is 8.40. The number of nitro benzene ring substituents is 1. The van der Waals surface area contributed by atoms with E-state index in [2.05, 4.69) is 46.6 Å². The molecule has 0 bridgehead atoms. The lowest BCUT2D eigenvalue weighted by atomic mass is 9.96. The number of thiocarbonyl (C=S) groups is 1. The molecule has 3 heterocycles. The lowest BCUT2D eigenvalue weighted by Crippen LogP contribution is -2.35. The fourth-order valence-corrected chi connectivity index (χ4v) is 5.13. The van der Waals surface area contributed by atoms with Crippen LogP contribution in [0.15, 0.2) is 48.7 Å². The Labute approximate surface area is 198 Å². The van der Waals surface area contributed by atoms with E-state index in [-0.39, 0.29) is 23.8 Å². The van der Waals surface area contributed by atoms with Crippen LogP contribution < -0.4 is 10.1 Å². The molecule has 1 N–H and O–H groups in total. The second-order valence-corrected chi connectivity index (χ2v) is 8.79. The molecule has 9 heteroatoms. The van der Waals surface area contributed by atoms with Crippen molar-refractivity contribution in [1.82, 2.24) is 19.8 Å². The van der Waals surface area contributed by atoms with Crippen LogP contribution in [0, 0.1) is 24.0 Å². The topological polar surface area (TPSA) is 85.5 Å². The molecule has 2 atom stereocenters. The molecule has 0 spiro atoms. The number of nitrogens with one attached hydrogen (secondary N) is 1. The molecule has 0 amide bonds. The number of aromatic nitrogens is 2. The Morgan fingerprint density at radius 1 is 1.21 bits per heavy atom. The quantitative estimate of drug-likeness (QED) is 0.318. The van der Waals surface area contributed by atoms with E-state index in [1.165, 1.54) is 19.2 Å². The molecule has 0 aliphatic carbocycles. The van der Waals surface area contributed by atoms with Crippen LogP contribution in [0.4, 0.5) is 5.69 Å². The van der Waals surface area contributed by atoms with Gasteiger partial charge in [-0.25, -0.2) is 0 Å². The smallest absolute Gasteiger partial charge is 0.273 e. The molecule has 3 aromatic rings. The summed E-state index contributed by atoms with van der Waals surface area (Å²) in [5.41, 5.74) is 4.79. The maximum atomic E-state index is 11.2. The largest absolute Gasteiger partial charge is 0.494 e. The molecule has 1 fully saturated rings. The van der Waals surface area contributed by atoms with Crippen LogP contribution in [0.3, 0.4) is 0 Å². The van der Waals surface area contributed by atoms with Gasteiger partial charge in [-0.2, -0.15) is 0 Å². The number of nitrogens with zero attached hydrogens (tertiary/aromatic N) is 4. The van der Waals surface area contributed by atoms with Gasteiger partial charge in [-0.3, -0.25) is 15.1 Å². The number of hydrogen-bond acceptors (Lipinski definition) is 5. The lowest BCUT2D eigenvalue weighted by Gasteiger charge is -2.31. The van der Waals surface area contributed by atoms with Crippen LogP contribution in [-0.4, -0.2) is 37.6 Å². The Morgan fingerprint density at radius 3 is 2.58 bits per heavy atom. The van der Waals surface area contributed by atoms with E-state index in [9.17, 15) is 10.1 Å². The zero-order valence-corrected chi connectivity index (χ0v) is 20.1. The van der Waals surface area contributed by atoms with Crippen LogP contribution in [-0.2, 0) is 0 Å². The number of hydrogen-bond donors (Lipinski definition) is 1. The molecule has 1 aliphatic rings. The van der Waals surface area contributed by atoms with Crippen molar-refractivity contribution in [3.05, 3.63) is 81.4 Å². The highest BCUT2D eigenvalue weighted by atomic mass is 32.1. The first-order valence-corrected chi connectivity index (χ1v) is 11.2. The maximum Gasteiger partial charge on any atom is 0.273 e. The minimum Gasteiger partial charge on any atom is -0.494 e. The Kier molecular flexibility index (Phi) is 6.07. The standard InChI is InChI=1S/C24H27N5O3S/c1-14(2)27-23(22(26-24(27)33)19-8-6-7-11-25-19)18-12-15(3)28(16(18)4)20-10-9-17(29(30)31)13-21(20)32-5/h6-14,22-23H,1-5H3,(H,26,33)/t22-,23-/m1/s1. The Morgan fingerprint density at radius 2 is 1.97 bits per heavy atom. The van der Waals surface area contributed by atoms with Crippen molar-refractivity contribution < 1.29 is 9.66 Å². The summed E-state index contributed by atoms with van der Waals surface area (Å²) in [5, 5.41) is 15.4. The van der Waals surface area contributed by atoms with Gasteiger partial charge in [0.1, 0.15) is 5.75 Å². The number of pyridine rings is 1. The van der Waals surface area contributed by atoms with E-state index in [1.807, 2.05) is 25.1 Å². The SMILES string of the molecule is COc1cc([N+](=O)[O-])ccc1-n1c(C)cc([C@@H]2[C@@H](c3ccccn3)NC(=S)N2C(C)C)c1C. The van der Waals surface area contributed by atoms with Crippen LogP contribution in [0.2, 0.25) is 0 Å². The number of nitro groups is 1. The third kappa shape index (κ3) is 3.93. The highest BCUT2D eigenvalue weighted by molar-refractivity contribution is 7.80. The van der Waals surface area contributed by atoms with Crippen molar-refractivity contribution in [1.29, 1.82) is 0 Å². The third-order valence-electron chi connectivity index (χ3n) is 6.10. The number of ether oxygens (including phenoxy) is 1. The molecule has 172 valence electrons. The number of benzene rings is 1. The first-order valence-electron chi connectivity index (χ1n) is 10.8. The van der Waals surface area contributed by atoms with E-state index >= 15 is 0 Å². The monoisotopic (exact) mass is 465 g/mol. The predicted octanol–water partition coefficient (Wildman–Crippen LogP) is 4.79. The fraction of sp³-hybridized carbons (Fsp3) is 0.333. The Balaban J connectivity index is 1.87. The van der Waals surface area contributed by atoms with E-state index in [1.54, 1.807) is 12.3 Å². The molecule has 1 aromatic carbocycles. The van der Waals surface area contributed by atoms with Gasteiger partial charge < -0.3 is 19.5 Å². The highest BCUT2D eigenvalue weighted by Gasteiger charge is 2.42. The van der Waals surface area contributed by atoms with Gasteiger partial charge in [-0.05, 0) is 69.7 Å². The van der Waals surface area contributed by atoms with E-state index in [4.69, 9.17) is 17.0 Å². The van der Waals surface area contributed by atoms with Crippen molar-refractivity contribution in [2.45, 2.75) is 45.8 Å². The van der Waals surface area contributed by atoms with Crippen molar-refractivity contribution >= 4 is 23.0 Å². The van der Waals surface area contributed by atoms with Crippen molar-refractivity contribution in [2.24, 2.45) is 0 Å². The van der Waals surface area contributed by atoms with E-state index < -0.39 is 4.92 Å². The minimum atomic E-state index is -0.420. The lowest BCUT2D eigenvalue weighted by molar-refractivity contribution is -0.384. The van der Waals surface area contributed by atoms with Crippen LogP contribution in [0.1, 0.15) is 48.6 Å². The Hall–Kier alpha value is -3.46. The fourth-order valence-electron chi connectivity index (χ4n) is 4.68. The summed E-state index contributed by atoms with van der Waals surface area (Å²) in [5.74, 6) is 0.444. The van der Waals surface area contributed by atoms with Crippen molar-refractivity contribution in [3.8, 4) is 11.4 Å². The minimum absolute atomic E-state index is 0.00942. The first-order chi connectivity index (χ1) is 15.7. The van der Waals surface area contributed by atoms with Gasteiger partial charge in [-0.15, -0.1) is 0 Å². The average Bonchev–Trinajstić information content (AvgIpc) is 3.29. The normalized spacial score (nSPS) is 18.0. The summed E-state index contributed by atoms with van der Waals surface area (Å²) < 4.78 is 7.60. The third-order valence-corrected chi connectivity index (χ3v) is 6.42. The van der Waals surface area contributed by atoms with Crippen LogP contribution in [0.25, 0.3) is 5.69 Å². The first kappa shape index (κ1) is 22.7. The summed E-state index contributed by atoms with van der Waals surface area (Å²) in [7, 11) is 1.52.